The summed E-state index contributed by atoms with van der Waals surface area (Å²) >= 11 is 6.24. The zero-order valence-corrected chi connectivity index (χ0v) is 14.8. The molecule has 26 heavy (non-hydrogen) atoms. The Kier molecular flexibility index (Phi) is 4.75. The number of ether oxygens (including phenoxy) is 4. The van der Waals surface area contributed by atoms with Gasteiger partial charge in [-0.15, -0.1) is 0 Å². The van der Waals surface area contributed by atoms with E-state index >= 15 is 0 Å². The van der Waals surface area contributed by atoms with Gasteiger partial charge in [-0.05, 0) is 36.2 Å². The summed E-state index contributed by atoms with van der Waals surface area (Å²) in [6, 6.07) is 9.03. The van der Waals surface area contributed by atoms with Crippen LogP contribution in [0.4, 0.5) is 0 Å². The van der Waals surface area contributed by atoms with E-state index in [2.05, 4.69) is 5.32 Å². The second-order valence-corrected chi connectivity index (χ2v) is 6.34. The predicted molar refractivity (Wildman–Crippen MR) is 95.9 cm³/mol. The molecule has 136 valence electrons. The fourth-order valence-electron chi connectivity index (χ4n) is 2.98. The van der Waals surface area contributed by atoms with Gasteiger partial charge >= 0.3 is 0 Å². The van der Waals surface area contributed by atoms with E-state index in [1.165, 1.54) is 0 Å². The molecule has 4 rings (SSSR count). The molecule has 1 amide bonds. The van der Waals surface area contributed by atoms with E-state index in [1.807, 2.05) is 12.1 Å². The van der Waals surface area contributed by atoms with Crippen LogP contribution in [-0.2, 0) is 6.42 Å². The van der Waals surface area contributed by atoms with Crippen molar-refractivity contribution < 1.29 is 23.7 Å². The van der Waals surface area contributed by atoms with Crippen LogP contribution >= 0.6 is 11.6 Å². The lowest BCUT2D eigenvalue weighted by Crippen LogP contribution is -2.27. The van der Waals surface area contributed by atoms with Gasteiger partial charge in [-0.25, -0.2) is 0 Å². The molecule has 2 heterocycles. The van der Waals surface area contributed by atoms with Crippen LogP contribution in [-0.4, -0.2) is 38.9 Å². The molecule has 7 heteroatoms. The van der Waals surface area contributed by atoms with E-state index < -0.39 is 0 Å². The molecule has 0 radical (unpaired) electrons. The van der Waals surface area contributed by atoms with Crippen LogP contribution in [0.1, 0.15) is 15.9 Å². The van der Waals surface area contributed by atoms with Crippen molar-refractivity contribution >= 4 is 17.5 Å². The standard InChI is InChI=1S/C19H18ClNO5/c20-14-10-12(11-16-18(14)26-9-7-24-16)4-5-21-19(22)13-2-1-3-15-17(13)25-8-6-23-15/h1-3,10-11H,4-9H2,(H,21,22). The van der Waals surface area contributed by atoms with Crippen molar-refractivity contribution in [2.45, 2.75) is 6.42 Å². The van der Waals surface area contributed by atoms with E-state index in [4.69, 9.17) is 30.5 Å². The number of amides is 1. The minimum Gasteiger partial charge on any atom is -0.486 e. The molecule has 0 aromatic heterocycles. The van der Waals surface area contributed by atoms with Crippen LogP contribution in [0.25, 0.3) is 0 Å². The first-order valence-electron chi connectivity index (χ1n) is 8.47. The van der Waals surface area contributed by atoms with E-state index in [-0.39, 0.29) is 5.91 Å². The number of fused-ring (bicyclic) bond motifs is 2. The molecule has 0 atom stereocenters. The smallest absolute Gasteiger partial charge is 0.255 e. The fourth-order valence-corrected chi connectivity index (χ4v) is 3.26. The number of nitrogens with one attached hydrogen (secondary N) is 1. The van der Waals surface area contributed by atoms with Crippen molar-refractivity contribution in [3.05, 3.63) is 46.5 Å². The maximum Gasteiger partial charge on any atom is 0.255 e. The van der Waals surface area contributed by atoms with Crippen molar-refractivity contribution in [2.75, 3.05) is 33.0 Å². The minimum atomic E-state index is -0.198. The zero-order valence-electron chi connectivity index (χ0n) is 14.0. The molecule has 0 bridgehead atoms. The van der Waals surface area contributed by atoms with Gasteiger partial charge in [-0.1, -0.05) is 17.7 Å². The largest absolute Gasteiger partial charge is 0.486 e. The number of rotatable bonds is 4. The summed E-state index contributed by atoms with van der Waals surface area (Å²) in [5.41, 5.74) is 1.44. The molecule has 2 aliphatic heterocycles. The molecule has 1 N–H and O–H groups in total. The van der Waals surface area contributed by atoms with E-state index in [9.17, 15) is 4.79 Å². The van der Waals surface area contributed by atoms with E-state index in [1.54, 1.807) is 18.2 Å². The molecule has 6 nitrogen and oxygen atoms in total. The van der Waals surface area contributed by atoms with Crippen LogP contribution in [0.15, 0.2) is 30.3 Å². The Bertz CT molecular complexity index is 839. The third-order valence-corrected chi connectivity index (χ3v) is 4.45. The molecule has 0 unspecified atom stereocenters. The Morgan fingerprint density at radius 2 is 1.69 bits per heavy atom. The Morgan fingerprint density at radius 3 is 2.54 bits per heavy atom. The highest BCUT2D eigenvalue weighted by Gasteiger charge is 2.20. The Labute approximate surface area is 156 Å². The van der Waals surface area contributed by atoms with Crippen molar-refractivity contribution in [2.24, 2.45) is 0 Å². The first kappa shape index (κ1) is 16.8. The molecule has 2 aromatic carbocycles. The topological polar surface area (TPSA) is 66.0 Å². The minimum absolute atomic E-state index is 0.198. The molecular formula is C19H18ClNO5. The van der Waals surface area contributed by atoms with Gasteiger partial charge in [0.05, 0.1) is 10.6 Å². The number of halogens is 1. The molecule has 0 spiro atoms. The maximum absolute atomic E-state index is 12.5. The summed E-state index contributed by atoms with van der Waals surface area (Å²) in [5, 5.41) is 3.43. The van der Waals surface area contributed by atoms with Gasteiger partial charge in [-0.2, -0.15) is 0 Å². The lowest BCUT2D eigenvalue weighted by atomic mass is 10.1. The summed E-state index contributed by atoms with van der Waals surface area (Å²) in [5.74, 6) is 2.13. The normalized spacial score (nSPS) is 14.7. The van der Waals surface area contributed by atoms with Crippen LogP contribution in [0.5, 0.6) is 23.0 Å². The van der Waals surface area contributed by atoms with Crippen molar-refractivity contribution in [1.82, 2.24) is 5.32 Å². The van der Waals surface area contributed by atoms with Crippen LogP contribution in [0, 0.1) is 0 Å². The van der Waals surface area contributed by atoms with Gasteiger partial charge in [0.2, 0.25) is 0 Å². The molecule has 0 saturated carbocycles. The second kappa shape index (κ2) is 7.33. The Morgan fingerprint density at radius 1 is 0.962 bits per heavy atom. The lowest BCUT2D eigenvalue weighted by Gasteiger charge is -2.21. The Balaban J connectivity index is 1.41. The van der Waals surface area contributed by atoms with E-state index in [0.717, 1.165) is 5.56 Å². The van der Waals surface area contributed by atoms with Gasteiger partial charge < -0.3 is 24.3 Å². The second-order valence-electron chi connectivity index (χ2n) is 5.94. The average Bonchev–Trinajstić information content (AvgIpc) is 2.67. The lowest BCUT2D eigenvalue weighted by molar-refractivity contribution is 0.0943. The van der Waals surface area contributed by atoms with Crippen LogP contribution in [0.2, 0.25) is 5.02 Å². The van der Waals surface area contributed by atoms with Gasteiger partial charge in [0, 0.05) is 6.54 Å². The number of hydrogen-bond acceptors (Lipinski definition) is 5. The number of hydrogen-bond donors (Lipinski definition) is 1. The van der Waals surface area contributed by atoms with Gasteiger partial charge in [0.15, 0.2) is 23.0 Å². The van der Waals surface area contributed by atoms with Gasteiger partial charge in [0.1, 0.15) is 26.4 Å². The number of carbonyl (C=O) groups is 1. The molecule has 2 aromatic rings. The molecule has 0 saturated heterocycles. The summed E-state index contributed by atoms with van der Waals surface area (Å²) in [7, 11) is 0. The van der Waals surface area contributed by atoms with Crippen molar-refractivity contribution in [3.8, 4) is 23.0 Å². The molecule has 2 aliphatic rings. The summed E-state index contributed by atoms with van der Waals surface area (Å²) in [6.45, 7) is 2.38. The Hall–Kier alpha value is -2.60. The molecule has 0 fully saturated rings. The van der Waals surface area contributed by atoms with Crippen molar-refractivity contribution in [1.29, 1.82) is 0 Å². The highest BCUT2D eigenvalue weighted by atomic mass is 35.5. The fraction of sp³-hybridized carbons (Fsp3) is 0.316. The average molecular weight is 376 g/mol. The SMILES string of the molecule is O=C(NCCc1cc(Cl)c2c(c1)OCCO2)c1cccc2c1OCCO2. The summed E-state index contributed by atoms with van der Waals surface area (Å²) in [6.07, 6.45) is 0.620. The quantitative estimate of drug-likeness (QED) is 0.890. The highest BCUT2D eigenvalue weighted by Crippen LogP contribution is 2.38. The van der Waals surface area contributed by atoms with E-state index in [0.29, 0.717) is 73.0 Å². The van der Waals surface area contributed by atoms with Crippen LogP contribution in [0.3, 0.4) is 0 Å². The number of para-hydroxylation sites is 1. The third-order valence-electron chi connectivity index (χ3n) is 4.17. The van der Waals surface area contributed by atoms with Gasteiger partial charge in [0.25, 0.3) is 5.91 Å². The number of benzene rings is 2. The van der Waals surface area contributed by atoms with Crippen LogP contribution < -0.4 is 24.3 Å². The zero-order chi connectivity index (χ0) is 17.9. The molecular weight excluding hydrogens is 358 g/mol. The highest BCUT2D eigenvalue weighted by molar-refractivity contribution is 6.32. The predicted octanol–water partition coefficient (Wildman–Crippen LogP) is 2.85. The monoisotopic (exact) mass is 375 g/mol. The van der Waals surface area contributed by atoms with Gasteiger partial charge in [-0.3, -0.25) is 4.79 Å². The maximum atomic E-state index is 12.5. The first-order chi connectivity index (χ1) is 12.7. The summed E-state index contributed by atoms with van der Waals surface area (Å²) < 4.78 is 22.2. The number of carbonyl (C=O) groups excluding carboxylic acids is 1. The summed E-state index contributed by atoms with van der Waals surface area (Å²) in [4.78, 5) is 12.5. The van der Waals surface area contributed by atoms with Crippen molar-refractivity contribution in [3.63, 3.8) is 0 Å². The first-order valence-corrected chi connectivity index (χ1v) is 8.85. The third kappa shape index (κ3) is 3.37. The molecule has 0 aliphatic carbocycles.